The Balaban J connectivity index is 1.73. The number of amides is 1. The van der Waals surface area contributed by atoms with E-state index in [4.69, 9.17) is 4.74 Å². The third-order valence-electron chi connectivity index (χ3n) is 5.77. The number of aryl methyl sites for hydroxylation is 1. The van der Waals surface area contributed by atoms with Gasteiger partial charge in [0.1, 0.15) is 5.75 Å². The first-order valence-electron chi connectivity index (χ1n) is 10.8. The number of benzene rings is 2. The number of rotatable bonds is 9. The summed E-state index contributed by atoms with van der Waals surface area (Å²) in [5.74, 6) is 0.569. The summed E-state index contributed by atoms with van der Waals surface area (Å²) >= 11 is 0. The molecule has 1 unspecified atom stereocenters. The maximum atomic E-state index is 13.1. The molecule has 1 amide bonds. The molecule has 3 rings (SSSR count). The van der Waals surface area contributed by atoms with Crippen LogP contribution in [0.5, 0.6) is 5.75 Å². The van der Waals surface area contributed by atoms with Crippen LogP contribution in [0.25, 0.3) is 0 Å². The van der Waals surface area contributed by atoms with Crippen LogP contribution in [0.1, 0.15) is 31.4 Å². The Bertz CT molecular complexity index is 968. The van der Waals surface area contributed by atoms with Crippen LogP contribution < -0.4 is 9.64 Å². The van der Waals surface area contributed by atoms with Crippen molar-refractivity contribution in [1.82, 2.24) is 4.90 Å². The maximum absolute atomic E-state index is 13.1. The number of anilines is 1. The van der Waals surface area contributed by atoms with Crippen molar-refractivity contribution in [2.75, 3.05) is 36.1 Å². The third-order valence-corrected chi connectivity index (χ3v) is 7.52. The van der Waals surface area contributed by atoms with Gasteiger partial charge in [-0.25, -0.2) is 8.42 Å². The van der Waals surface area contributed by atoms with Crippen LogP contribution in [0.3, 0.4) is 0 Å². The second-order valence-corrected chi connectivity index (χ2v) is 10.2. The molecule has 0 radical (unpaired) electrons. The van der Waals surface area contributed by atoms with Gasteiger partial charge in [0.05, 0.1) is 11.5 Å². The molecule has 0 aromatic heterocycles. The van der Waals surface area contributed by atoms with Crippen LogP contribution in [0.2, 0.25) is 0 Å². The number of carbonyl (C=O) groups excluding carboxylic acids is 1. The molecule has 31 heavy (non-hydrogen) atoms. The number of hydrogen-bond donors (Lipinski definition) is 0. The molecule has 2 aromatic rings. The topological polar surface area (TPSA) is 66.9 Å². The molecule has 1 saturated heterocycles. The minimum Gasteiger partial charge on any atom is -0.484 e. The average Bonchev–Trinajstić information content (AvgIpc) is 3.12. The van der Waals surface area contributed by atoms with Crippen LogP contribution in [0, 0.1) is 6.92 Å². The van der Waals surface area contributed by atoms with Gasteiger partial charge in [-0.3, -0.25) is 4.79 Å². The van der Waals surface area contributed by atoms with Gasteiger partial charge in [-0.2, -0.15) is 0 Å². The molecule has 1 heterocycles. The molecule has 1 aliphatic rings. The van der Waals surface area contributed by atoms with Crippen LogP contribution in [-0.2, 0) is 21.2 Å². The number of ether oxygens (including phenoxy) is 1. The van der Waals surface area contributed by atoms with E-state index in [9.17, 15) is 13.2 Å². The standard InChI is InChI=1S/C24H32N2O4S/c1-4-25(5-2)21-10-8-20(9-11-21)16-26(22-14-15-31(28,29)18-22)24(27)17-30-23-12-6-19(3)7-13-23/h6-13,22H,4-5,14-18H2,1-3H3. The fraction of sp³-hybridized carbons (Fsp3) is 0.458. The molecule has 168 valence electrons. The summed E-state index contributed by atoms with van der Waals surface area (Å²) in [5.41, 5.74) is 3.23. The molecule has 7 heteroatoms. The Morgan fingerprint density at radius 1 is 1.03 bits per heavy atom. The second-order valence-electron chi connectivity index (χ2n) is 8.02. The van der Waals surface area contributed by atoms with Crippen LogP contribution in [0.4, 0.5) is 5.69 Å². The van der Waals surface area contributed by atoms with Crippen LogP contribution in [0.15, 0.2) is 48.5 Å². The minimum atomic E-state index is -3.10. The molecular weight excluding hydrogens is 412 g/mol. The third kappa shape index (κ3) is 6.23. The lowest BCUT2D eigenvalue weighted by molar-refractivity contribution is -0.136. The highest BCUT2D eigenvalue weighted by Crippen LogP contribution is 2.22. The highest BCUT2D eigenvalue weighted by molar-refractivity contribution is 7.91. The van der Waals surface area contributed by atoms with Crippen LogP contribution in [-0.4, -0.2) is 56.5 Å². The lowest BCUT2D eigenvalue weighted by Gasteiger charge is -2.29. The van der Waals surface area contributed by atoms with E-state index in [1.165, 1.54) is 0 Å². The highest BCUT2D eigenvalue weighted by Gasteiger charge is 2.34. The summed E-state index contributed by atoms with van der Waals surface area (Å²) < 4.78 is 29.8. The van der Waals surface area contributed by atoms with E-state index >= 15 is 0 Å². The summed E-state index contributed by atoms with van der Waals surface area (Å²) in [6, 6.07) is 15.3. The van der Waals surface area contributed by atoms with E-state index < -0.39 is 9.84 Å². The van der Waals surface area contributed by atoms with Crippen LogP contribution >= 0.6 is 0 Å². The van der Waals surface area contributed by atoms with E-state index in [-0.39, 0.29) is 30.1 Å². The highest BCUT2D eigenvalue weighted by atomic mass is 32.2. The Hall–Kier alpha value is -2.54. The summed E-state index contributed by atoms with van der Waals surface area (Å²) in [7, 11) is -3.10. The molecule has 0 N–H and O–H groups in total. The van der Waals surface area contributed by atoms with Crippen molar-refractivity contribution < 1.29 is 17.9 Å². The van der Waals surface area contributed by atoms with E-state index in [2.05, 4.69) is 30.9 Å². The molecule has 1 aliphatic heterocycles. The Morgan fingerprint density at radius 3 is 2.23 bits per heavy atom. The zero-order valence-corrected chi connectivity index (χ0v) is 19.4. The predicted octanol–water partition coefficient (Wildman–Crippen LogP) is 3.44. The van der Waals surface area contributed by atoms with Crippen molar-refractivity contribution in [3.05, 3.63) is 59.7 Å². The Labute approximate surface area is 185 Å². The number of hydrogen-bond acceptors (Lipinski definition) is 5. The summed E-state index contributed by atoms with van der Waals surface area (Å²) in [6.07, 6.45) is 0.468. The molecule has 1 fully saturated rings. The van der Waals surface area contributed by atoms with E-state index in [1.807, 2.05) is 43.3 Å². The molecule has 0 spiro atoms. The fourth-order valence-corrected chi connectivity index (χ4v) is 5.63. The smallest absolute Gasteiger partial charge is 0.261 e. The summed E-state index contributed by atoms with van der Waals surface area (Å²) in [4.78, 5) is 17.0. The summed E-state index contributed by atoms with van der Waals surface area (Å²) in [6.45, 7) is 8.33. The number of sulfone groups is 1. The zero-order chi connectivity index (χ0) is 22.4. The van der Waals surface area contributed by atoms with Gasteiger partial charge in [-0.05, 0) is 57.0 Å². The monoisotopic (exact) mass is 444 g/mol. The Kier molecular flexibility index (Phi) is 7.59. The maximum Gasteiger partial charge on any atom is 0.261 e. The van der Waals surface area contributed by atoms with E-state index in [0.29, 0.717) is 18.7 Å². The fourth-order valence-electron chi connectivity index (χ4n) is 3.90. The van der Waals surface area contributed by atoms with Crippen molar-refractivity contribution in [3.63, 3.8) is 0 Å². The molecule has 1 atom stereocenters. The zero-order valence-electron chi connectivity index (χ0n) is 18.6. The lowest BCUT2D eigenvalue weighted by atomic mass is 10.1. The molecule has 0 bridgehead atoms. The van der Waals surface area contributed by atoms with Gasteiger partial charge in [0.2, 0.25) is 0 Å². The first-order valence-corrected chi connectivity index (χ1v) is 12.7. The Morgan fingerprint density at radius 2 is 1.68 bits per heavy atom. The molecule has 2 aromatic carbocycles. The van der Waals surface area contributed by atoms with Crippen molar-refractivity contribution in [1.29, 1.82) is 0 Å². The van der Waals surface area contributed by atoms with Gasteiger partial charge in [0.15, 0.2) is 16.4 Å². The van der Waals surface area contributed by atoms with Crippen molar-refractivity contribution in [2.24, 2.45) is 0 Å². The van der Waals surface area contributed by atoms with E-state index in [0.717, 1.165) is 29.9 Å². The predicted molar refractivity (Wildman–Crippen MR) is 124 cm³/mol. The average molecular weight is 445 g/mol. The van der Waals surface area contributed by atoms with Gasteiger partial charge in [0.25, 0.3) is 5.91 Å². The number of nitrogens with zero attached hydrogens (tertiary/aromatic N) is 2. The molecule has 0 saturated carbocycles. The normalized spacial score (nSPS) is 17.3. The van der Waals surface area contributed by atoms with Gasteiger partial charge in [-0.15, -0.1) is 0 Å². The minimum absolute atomic E-state index is 0.0147. The van der Waals surface area contributed by atoms with Gasteiger partial charge in [-0.1, -0.05) is 29.8 Å². The molecular formula is C24H32N2O4S. The molecule has 6 nitrogen and oxygen atoms in total. The quantitative estimate of drug-likeness (QED) is 0.593. The van der Waals surface area contributed by atoms with Gasteiger partial charge in [0, 0.05) is 31.4 Å². The summed E-state index contributed by atoms with van der Waals surface area (Å²) in [5, 5.41) is 0. The van der Waals surface area contributed by atoms with Gasteiger partial charge < -0.3 is 14.5 Å². The number of carbonyl (C=O) groups is 1. The second kappa shape index (κ2) is 10.2. The van der Waals surface area contributed by atoms with E-state index in [1.54, 1.807) is 4.90 Å². The van der Waals surface area contributed by atoms with Gasteiger partial charge >= 0.3 is 0 Å². The lowest BCUT2D eigenvalue weighted by Crippen LogP contribution is -2.43. The van der Waals surface area contributed by atoms with Crippen molar-refractivity contribution >= 4 is 21.4 Å². The first-order chi connectivity index (χ1) is 14.8. The van der Waals surface area contributed by atoms with Crippen molar-refractivity contribution in [2.45, 2.75) is 39.8 Å². The molecule has 0 aliphatic carbocycles. The van der Waals surface area contributed by atoms with Crippen molar-refractivity contribution in [3.8, 4) is 5.75 Å². The SMILES string of the molecule is CCN(CC)c1ccc(CN(C(=O)COc2ccc(C)cc2)C2CCS(=O)(=O)C2)cc1. The largest absolute Gasteiger partial charge is 0.484 e. The first kappa shape index (κ1) is 23.1.